The second-order valence-corrected chi connectivity index (χ2v) is 5.28. The molecule has 0 aliphatic heterocycles. The van der Waals surface area contributed by atoms with E-state index in [0.717, 1.165) is 15.6 Å². The summed E-state index contributed by atoms with van der Waals surface area (Å²) in [6.07, 6.45) is 0. The monoisotopic (exact) mass is 241 g/mol. The zero-order chi connectivity index (χ0) is 12.3. The number of nitrogens with zero attached hydrogens (tertiary/aromatic N) is 1. The first-order chi connectivity index (χ1) is 7.45. The Morgan fingerprint density at radius 3 is 2.56 bits per heavy atom. The van der Waals surface area contributed by atoms with Gasteiger partial charge in [0.1, 0.15) is 0 Å². The van der Waals surface area contributed by atoms with Gasteiger partial charge in [-0.25, -0.2) is 4.98 Å². The molecule has 0 aromatic carbocycles. The molecule has 0 spiro atoms. The molecule has 2 atom stereocenters. The summed E-state index contributed by atoms with van der Waals surface area (Å²) in [6.45, 7) is 8.11. The van der Waals surface area contributed by atoms with Gasteiger partial charge in [-0.3, -0.25) is 4.79 Å². The van der Waals surface area contributed by atoms with Crippen molar-refractivity contribution < 1.29 is 4.79 Å². The lowest BCUT2D eigenvalue weighted by molar-refractivity contribution is -0.124. The Labute approximate surface area is 100 Å². The van der Waals surface area contributed by atoms with Crippen molar-refractivity contribution in [2.45, 2.75) is 33.7 Å². The van der Waals surface area contributed by atoms with E-state index >= 15 is 0 Å². The molecule has 1 rings (SSSR count). The summed E-state index contributed by atoms with van der Waals surface area (Å²) in [5.41, 5.74) is 6.45. The van der Waals surface area contributed by atoms with Gasteiger partial charge >= 0.3 is 0 Å². The van der Waals surface area contributed by atoms with Crippen LogP contribution in [0.15, 0.2) is 0 Å². The second kappa shape index (κ2) is 5.41. The number of nitrogens with two attached hydrogens (primary N) is 1. The standard InChI is InChI=1S/C11H19N3OS/c1-6(5-12)11(15)14-8(3)10-7(2)13-9(4)16-10/h6,8H,5,12H2,1-4H3,(H,14,15). The highest BCUT2D eigenvalue weighted by Gasteiger charge is 2.18. The fourth-order valence-electron chi connectivity index (χ4n) is 1.48. The number of thiazole rings is 1. The average molecular weight is 241 g/mol. The van der Waals surface area contributed by atoms with Crippen LogP contribution in [-0.2, 0) is 4.79 Å². The molecule has 2 unspecified atom stereocenters. The van der Waals surface area contributed by atoms with E-state index in [1.54, 1.807) is 11.3 Å². The minimum absolute atomic E-state index is 0.000420. The first-order valence-corrected chi connectivity index (χ1v) is 6.21. The predicted molar refractivity (Wildman–Crippen MR) is 66.4 cm³/mol. The third-order valence-corrected chi connectivity index (χ3v) is 3.75. The molecule has 4 nitrogen and oxygen atoms in total. The maximum atomic E-state index is 11.7. The van der Waals surface area contributed by atoms with Gasteiger partial charge in [-0.05, 0) is 20.8 Å². The highest BCUT2D eigenvalue weighted by atomic mass is 32.1. The first-order valence-electron chi connectivity index (χ1n) is 5.40. The molecule has 0 bridgehead atoms. The van der Waals surface area contributed by atoms with Gasteiger partial charge in [-0.2, -0.15) is 0 Å². The maximum absolute atomic E-state index is 11.7. The third kappa shape index (κ3) is 3.02. The van der Waals surface area contributed by atoms with E-state index in [9.17, 15) is 4.79 Å². The van der Waals surface area contributed by atoms with Gasteiger partial charge in [0.25, 0.3) is 0 Å². The fourth-order valence-corrected chi connectivity index (χ4v) is 2.41. The molecule has 1 amide bonds. The lowest BCUT2D eigenvalue weighted by atomic mass is 10.1. The Bertz CT molecular complexity index is 375. The van der Waals surface area contributed by atoms with E-state index in [1.807, 2.05) is 27.7 Å². The van der Waals surface area contributed by atoms with E-state index in [4.69, 9.17) is 5.73 Å². The molecule has 1 aromatic rings. The maximum Gasteiger partial charge on any atom is 0.224 e. The molecule has 90 valence electrons. The number of rotatable bonds is 4. The van der Waals surface area contributed by atoms with Crippen LogP contribution in [-0.4, -0.2) is 17.4 Å². The van der Waals surface area contributed by atoms with Gasteiger partial charge in [0.15, 0.2) is 0 Å². The Hall–Kier alpha value is -0.940. The lowest BCUT2D eigenvalue weighted by Crippen LogP contribution is -2.34. The van der Waals surface area contributed by atoms with Crippen molar-refractivity contribution in [2.75, 3.05) is 6.54 Å². The van der Waals surface area contributed by atoms with Crippen LogP contribution >= 0.6 is 11.3 Å². The zero-order valence-electron chi connectivity index (χ0n) is 10.2. The SMILES string of the molecule is Cc1nc(C)c(C(C)NC(=O)C(C)CN)s1. The normalized spacial score (nSPS) is 14.6. The van der Waals surface area contributed by atoms with Crippen molar-refractivity contribution in [3.05, 3.63) is 15.6 Å². The summed E-state index contributed by atoms with van der Waals surface area (Å²) < 4.78 is 0. The molecule has 5 heteroatoms. The highest BCUT2D eigenvalue weighted by Crippen LogP contribution is 2.24. The van der Waals surface area contributed by atoms with Crippen LogP contribution < -0.4 is 11.1 Å². The molecule has 16 heavy (non-hydrogen) atoms. The molecule has 1 heterocycles. The van der Waals surface area contributed by atoms with Crippen molar-refractivity contribution in [3.8, 4) is 0 Å². The number of carbonyl (C=O) groups excluding carboxylic acids is 1. The van der Waals surface area contributed by atoms with Crippen LogP contribution in [0.5, 0.6) is 0 Å². The summed E-state index contributed by atoms with van der Waals surface area (Å²) >= 11 is 1.63. The summed E-state index contributed by atoms with van der Waals surface area (Å²) in [6, 6.07) is 0.00713. The first kappa shape index (κ1) is 13.1. The van der Waals surface area contributed by atoms with Crippen molar-refractivity contribution in [3.63, 3.8) is 0 Å². The van der Waals surface area contributed by atoms with Gasteiger partial charge in [0.05, 0.1) is 16.7 Å². The molecular formula is C11H19N3OS. The van der Waals surface area contributed by atoms with Crippen LogP contribution in [0.1, 0.15) is 35.5 Å². The average Bonchev–Trinajstić information content (AvgIpc) is 2.56. The van der Waals surface area contributed by atoms with E-state index in [-0.39, 0.29) is 17.9 Å². The van der Waals surface area contributed by atoms with Gasteiger partial charge in [0.2, 0.25) is 5.91 Å². The highest BCUT2D eigenvalue weighted by molar-refractivity contribution is 7.11. The molecule has 0 radical (unpaired) electrons. The summed E-state index contributed by atoms with van der Waals surface area (Å²) in [4.78, 5) is 17.1. The van der Waals surface area contributed by atoms with Crippen LogP contribution in [0, 0.1) is 19.8 Å². The molecular weight excluding hydrogens is 222 g/mol. The van der Waals surface area contributed by atoms with E-state index < -0.39 is 0 Å². The second-order valence-electron chi connectivity index (χ2n) is 4.05. The van der Waals surface area contributed by atoms with Crippen LogP contribution in [0.4, 0.5) is 0 Å². The molecule has 1 aromatic heterocycles. The largest absolute Gasteiger partial charge is 0.348 e. The van der Waals surface area contributed by atoms with Crippen molar-refractivity contribution in [1.29, 1.82) is 0 Å². The van der Waals surface area contributed by atoms with Crippen LogP contribution in [0.2, 0.25) is 0 Å². The molecule has 0 saturated carbocycles. The van der Waals surface area contributed by atoms with Gasteiger partial charge in [-0.15, -0.1) is 11.3 Å². The summed E-state index contributed by atoms with van der Waals surface area (Å²) in [5, 5.41) is 3.98. The molecule has 0 aliphatic rings. The summed E-state index contributed by atoms with van der Waals surface area (Å²) in [7, 11) is 0. The number of hydrogen-bond acceptors (Lipinski definition) is 4. The Morgan fingerprint density at radius 1 is 1.50 bits per heavy atom. The van der Waals surface area contributed by atoms with Gasteiger partial charge < -0.3 is 11.1 Å². The van der Waals surface area contributed by atoms with Crippen LogP contribution in [0.3, 0.4) is 0 Å². The van der Waals surface area contributed by atoms with Gasteiger partial charge in [-0.1, -0.05) is 6.92 Å². The number of nitrogens with one attached hydrogen (secondary N) is 1. The number of hydrogen-bond donors (Lipinski definition) is 2. The molecule has 0 aliphatic carbocycles. The number of aryl methyl sites for hydroxylation is 2. The topological polar surface area (TPSA) is 68.0 Å². The molecule has 3 N–H and O–H groups in total. The minimum atomic E-state index is -0.142. The van der Waals surface area contributed by atoms with Crippen LogP contribution in [0.25, 0.3) is 0 Å². The Morgan fingerprint density at radius 2 is 2.12 bits per heavy atom. The number of carbonyl (C=O) groups is 1. The number of aromatic nitrogens is 1. The minimum Gasteiger partial charge on any atom is -0.348 e. The van der Waals surface area contributed by atoms with Crippen molar-refractivity contribution >= 4 is 17.2 Å². The zero-order valence-corrected chi connectivity index (χ0v) is 11.0. The lowest BCUT2D eigenvalue weighted by Gasteiger charge is -2.15. The van der Waals surface area contributed by atoms with Crippen molar-refractivity contribution in [2.24, 2.45) is 11.7 Å². The fraction of sp³-hybridized carbons (Fsp3) is 0.636. The van der Waals surface area contributed by atoms with Crippen molar-refractivity contribution in [1.82, 2.24) is 10.3 Å². The van der Waals surface area contributed by atoms with E-state index in [1.165, 1.54) is 0 Å². The summed E-state index contributed by atoms with van der Waals surface area (Å²) in [5.74, 6) is -0.141. The van der Waals surface area contributed by atoms with E-state index in [2.05, 4.69) is 10.3 Å². The predicted octanol–water partition coefficient (Wildman–Crippen LogP) is 1.53. The smallest absolute Gasteiger partial charge is 0.224 e. The Kier molecular flexibility index (Phi) is 4.44. The number of amides is 1. The third-order valence-electron chi connectivity index (χ3n) is 2.49. The quantitative estimate of drug-likeness (QED) is 0.840. The van der Waals surface area contributed by atoms with Gasteiger partial charge in [0, 0.05) is 17.3 Å². The molecule has 0 saturated heterocycles. The van der Waals surface area contributed by atoms with E-state index in [0.29, 0.717) is 6.54 Å². The Balaban J connectivity index is 2.69. The molecule has 0 fully saturated rings.